The van der Waals surface area contributed by atoms with Crippen LogP contribution >= 0.6 is 0 Å². The molecule has 10 heteroatoms. The molecule has 0 fully saturated rings. The maximum Gasteiger partial charge on any atom is 0.343 e. The third kappa shape index (κ3) is 10.9. The van der Waals surface area contributed by atoms with Gasteiger partial charge in [0.15, 0.2) is 0 Å². The van der Waals surface area contributed by atoms with Gasteiger partial charge in [0.25, 0.3) is 0 Å². The Balaban J connectivity index is 3.07. The van der Waals surface area contributed by atoms with Gasteiger partial charge in [-0.25, -0.2) is 32.1 Å². The molecule has 10 N–H and O–H groups in total. The molecule has 0 saturated heterocycles. The summed E-state index contributed by atoms with van der Waals surface area (Å²) in [6.45, 7) is 1.35. The minimum absolute atomic E-state index is 0.469. The van der Waals surface area contributed by atoms with Gasteiger partial charge in [-0.2, -0.15) is 0 Å². The first kappa shape index (κ1) is 16.4. The maximum atomic E-state index is 10.6. The van der Waals surface area contributed by atoms with Crippen LogP contribution in [0, 0.1) is 0 Å². The topological polar surface area (TPSA) is 158 Å². The van der Waals surface area contributed by atoms with Crippen molar-refractivity contribution in [2.24, 2.45) is 11.7 Å². The summed E-state index contributed by atoms with van der Waals surface area (Å²) in [6.07, 6.45) is 3.90. The van der Waals surface area contributed by atoms with Gasteiger partial charge in [-0.05, 0) is 12.8 Å². The lowest BCUT2D eigenvalue weighted by molar-refractivity contribution is 0.235. The van der Waals surface area contributed by atoms with E-state index >= 15 is 0 Å². The summed E-state index contributed by atoms with van der Waals surface area (Å²) in [5.74, 6) is 9.72. The van der Waals surface area contributed by atoms with Gasteiger partial charge in [-0.15, -0.1) is 0 Å². The quantitative estimate of drug-likeness (QED) is 0.103. The van der Waals surface area contributed by atoms with E-state index in [0.717, 1.165) is 25.7 Å². The zero-order chi connectivity index (χ0) is 13.6. The van der Waals surface area contributed by atoms with Gasteiger partial charge in [0.1, 0.15) is 0 Å². The summed E-state index contributed by atoms with van der Waals surface area (Å²) in [5.41, 5.74) is 14.0. The lowest BCUT2D eigenvalue weighted by atomic mass is 10.2. The highest BCUT2D eigenvalue weighted by Gasteiger charge is 1.95. The van der Waals surface area contributed by atoms with Crippen LogP contribution in [-0.4, -0.2) is 25.2 Å². The van der Waals surface area contributed by atoms with E-state index in [1.807, 2.05) is 10.9 Å². The van der Waals surface area contributed by atoms with Gasteiger partial charge in [-0.3, -0.25) is 21.7 Å². The normalized spacial score (nSPS) is 9.67. The number of nitrogens with two attached hydrogens (primary N) is 2. The Morgan fingerprint density at radius 1 is 0.722 bits per heavy atom. The first-order valence-corrected chi connectivity index (χ1v) is 5.69. The van der Waals surface area contributed by atoms with Crippen molar-refractivity contribution in [1.82, 2.24) is 32.6 Å². The molecule has 0 saturated carbocycles. The van der Waals surface area contributed by atoms with Crippen molar-refractivity contribution in [1.29, 1.82) is 0 Å². The van der Waals surface area contributed by atoms with E-state index in [4.69, 9.17) is 11.7 Å². The minimum Gasteiger partial charge on any atom is -0.275 e. The summed E-state index contributed by atoms with van der Waals surface area (Å²) >= 11 is 0. The van der Waals surface area contributed by atoms with Crippen LogP contribution in [0.2, 0.25) is 0 Å². The lowest BCUT2D eigenvalue weighted by Gasteiger charge is -2.07. The Morgan fingerprint density at radius 3 is 1.44 bits per heavy atom. The van der Waals surface area contributed by atoms with Crippen LogP contribution in [0.4, 0.5) is 9.59 Å². The maximum absolute atomic E-state index is 10.6. The van der Waals surface area contributed by atoms with Crippen molar-refractivity contribution in [3.05, 3.63) is 0 Å². The standard InChI is InChI=1S/C8H22N8O2/c9-13-7(17)15-11-5-3-1-2-4-6-12-16-8(18)14-10/h11-12H,1-6,9-10H2,(H2,13,15,17)(H2,14,16,18). The van der Waals surface area contributed by atoms with E-state index in [2.05, 4.69) is 21.7 Å². The van der Waals surface area contributed by atoms with E-state index in [1.165, 1.54) is 0 Å². The van der Waals surface area contributed by atoms with Gasteiger partial charge in [-0.1, -0.05) is 12.8 Å². The van der Waals surface area contributed by atoms with Crippen LogP contribution < -0.4 is 44.2 Å². The molecule has 0 heterocycles. The highest BCUT2D eigenvalue weighted by Crippen LogP contribution is 1.96. The number of amides is 4. The number of hydrogen-bond donors (Lipinski definition) is 8. The van der Waals surface area contributed by atoms with Crippen LogP contribution in [0.25, 0.3) is 0 Å². The second-order valence-electron chi connectivity index (χ2n) is 3.46. The van der Waals surface area contributed by atoms with E-state index in [-0.39, 0.29) is 0 Å². The number of hydrazine groups is 4. The van der Waals surface area contributed by atoms with Crippen molar-refractivity contribution in [3.8, 4) is 0 Å². The Kier molecular flexibility index (Phi) is 10.8. The predicted molar refractivity (Wildman–Crippen MR) is 66.2 cm³/mol. The van der Waals surface area contributed by atoms with Gasteiger partial charge in [0.2, 0.25) is 0 Å². The summed E-state index contributed by atoms with van der Waals surface area (Å²) in [6, 6.07) is -0.938. The first-order chi connectivity index (χ1) is 8.70. The third-order valence-electron chi connectivity index (χ3n) is 2.02. The number of carbonyl (C=O) groups excluding carboxylic acids is 2. The number of nitrogens with one attached hydrogen (secondary N) is 6. The Bertz CT molecular complexity index is 213. The molecule has 0 spiro atoms. The molecule has 0 aromatic rings. The summed E-state index contributed by atoms with van der Waals surface area (Å²) in [7, 11) is 0. The van der Waals surface area contributed by atoms with Crippen LogP contribution in [0.3, 0.4) is 0 Å². The summed E-state index contributed by atoms with van der Waals surface area (Å²) in [5, 5.41) is 0. The monoisotopic (exact) mass is 262 g/mol. The molecule has 0 aliphatic carbocycles. The van der Waals surface area contributed by atoms with Gasteiger partial charge >= 0.3 is 12.1 Å². The van der Waals surface area contributed by atoms with E-state index in [9.17, 15) is 9.59 Å². The van der Waals surface area contributed by atoms with E-state index in [1.54, 1.807) is 0 Å². The predicted octanol–water partition coefficient (Wildman–Crippen LogP) is -2.10. The van der Waals surface area contributed by atoms with Gasteiger partial charge in [0.05, 0.1) is 0 Å². The smallest absolute Gasteiger partial charge is 0.275 e. The highest BCUT2D eigenvalue weighted by atomic mass is 16.2. The average Bonchev–Trinajstić information content (AvgIpc) is 2.40. The van der Waals surface area contributed by atoms with Crippen LogP contribution in [0.15, 0.2) is 0 Å². The molecule has 0 rings (SSSR count). The van der Waals surface area contributed by atoms with Crippen molar-refractivity contribution in [2.75, 3.05) is 13.1 Å². The Labute approximate surface area is 105 Å². The number of rotatable bonds is 9. The molecule has 0 atom stereocenters. The molecular weight excluding hydrogens is 240 g/mol. The van der Waals surface area contributed by atoms with Crippen LogP contribution in [0.1, 0.15) is 25.7 Å². The number of urea groups is 2. The number of carbonyl (C=O) groups is 2. The molecule has 0 unspecified atom stereocenters. The highest BCUT2D eigenvalue weighted by molar-refractivity contribution is 5.72. The molecule has 4 amide bonds. The number of hydrogen-bond acceptors (Lipinski definition) is 6. The first-order valence-electron chi connectivity index (χ1n) is 5.69. The van der Waals surface area contributed by atoms with E-state index in [0.29, 0.717) is 13.1 Å². The molecule has 18 heavy (non-hydrogen) atoms. The molecule has 0 aliphatic rings. The SMILES string of the molecule is NNC(=O)NNCCCCCCNNC(=O)NN. The fourth-order valence-electron chi connectivity index (χ4n) is 1.14. The molecule has 106 valence electrons. The lowest BCUT2D eigenvalue weighted by Crippen LogP contribution is -2.47. The zero-order valence-electron chi connectivity index (χ0n) is 10.2. The van der Waals surface area contributed by atoms with E-state index < -0.39 is 12.1 Å². The molecule has 0 aromatic heterocycles. The van der Waals surface area contributed by atoms with Crippen molar-refractivity contribution in [3.63, 3.8) is 0 Å². The van der Waals surface area contributed by atoms with Crippen molar-refractivity contribution >= 4 is 12.1 Å². The molecule has 0 bridgehead atoms. The molecular formula is C8H22N8O2. The fraction of sp³-hybridized carbons (Fsp3) is 0.750. The second-order valence-corrected chi connectivity index (χ2v) is 3.46. The summed E-state index contributed by atoms with van der Waals surface area (Å²) in [4.78, 5) is 21.3. The molecule has 0 radical (unpaired) electrons. The molecule has 0 aliphatic heterocycles. The second kappa shape index (κ2) is 11.9. The third-order valence-corrected chi connectivity index (χ3v) is 2.02. The molecule has 0 aromatic carbocycles. The average molecular weight is 262 g/mol. The van der Waals surface area contributed by atoms with Gasteiger partial charge in [0, 0.05) is 13.1 Å². The number of unbranched alkanes of at least 4 members (excludes halogenated alkanes) is 3. The minimum atomic E-state index is -0.469. The van der Waals surface area contributed by atoms with Crippen molar-refractivity contribution in [2.45, 2.75) is 25.7 Å². The van der Waals surface area contributed by atoms with Crippen LogP contribution in [0.5, 0.6) is 0 Å². The Morgan fingerprint density at radius 2 is 1.11 bits per heavy atom. The van der Waals surface area contributed by atoms with Crippen molar-refractivity contribution < 1.29 is 9.59 Å². The van der Waals surface area contributed by atoms with Gasteiger partial charge < -0.3 is 0 Å². The summed E-state index contributed by atoms with van der Waals surface area (Å²) < 4.78 is 0. The Hall–Kier alpha value is -1.62. The van der Waals surface area contributed by atoms with Crippen LogP contribution in [-0.2, 0) is 0 Å². The zero-order valence-corrected chi connectivity index (χ0v) is 10.2. The largest absolute Gasteiger partial charge is 0.343 e. The fourth-order valence-corrected chi connectivity index (χ4v) is 1.14. The molecule has 10 nitrogen and oxygen atoms in total.